The molecular weight excluding hydrogens is 338 g/mol. The molecule has 0 unspecified atom stereocenters. The lowest BCUT2D eigenvalue weighted by Gasteiger charge is -2.11. The summed E-state index contributed by atoms with van der Waals surface area (Å²) in [5.41, 5.74) is 3.36. The first kappa shape index (κ1) is 18.1. The van der Waals surface area contributed by atoms with E-state index in [0.717, 1.165) is 23.4 Å². The Morgan fingerprint density at radius 2 is 1.93 bits per heavy atom. The van der Waals surface area contributed by atoms with Gasteiger partial charge in [0.1, 0.15) is 17.3 Å². The van der Waals surface area contributed by atoms with Gasteiger partial charge in [0.05, 0.1) is 11.6 Å². The third-order valence-electron chi connectivity index (χ3n) is 3.98. The number of hydrogen-bond acceptors (Lipinski definition) is 5. The van der Waals surface area contributed by atoms with Crippen molar-refractivity contribution in [3.05, 3.63) is 77.2 Å². The molecular formula is C21H19N5O. The van der Waals surface area contributed by atoms with Gasteiger partial charge in [-0.15, -0.1) is 0 Å². The first-order valence-corrected chi connectivity index (χ1v) is 8.61. The van der Waals surface area contributed by atoms with Crippen molar-refractivity contribution < 1.29 is 4.79 Å². The number of aryl methyl sites for hydroxylation is 2. The zero-order valence-corrected chi connectivity index (χ0v) is 15.2. The standard InChI is InChI=1S/C21H19N5O/c1-3-16-8-4-5-10-18(16)26-21(27)19-12-20(24-14(2)23-19)25-17-9-6-7-15(11-17)13-22/h4-12H,3H2,1-2H3,(H,26,27)(H,23,24,25). The highest BCUT2D eigenvalue weighted by atomic mass is 16.1. The number of hydrogen-bond donors (Lipinski definition) is 2. The topological polar surface area (TPSA) is 90.7 Å². The first-order valence-electron chi connectivity index (χ1n) is 8.61. The molecule has 0 aliphatic rings. The van der Waals surface area contributed by atoms with Crippen molar-refractivity contribution in [1.29, 1.82) is 5.26 Å². The maximum Gasteiger partial charge on any atom is 0.274 e. The molecule has 134 valence electrons. The SMILES string of the molecule is CCc1ccccc1NC(=O)c1cc(Nc2cccc(C#N)c2)nc(C)n1. The molecule has 3 aromatic rings. The number of benzene rings is 2. The largest absolute Gasteiger partial charge is 0.340 e. The Kier molecular flexibility index (Phi) is 5.43. The Morgan fingerprint density at radius 1 is 1.11 bits per heavy atom. The molecule has 6 nitrogen and oxygen atoms in total. The summed E-state index contributed by atoms with van der Waals surface area (Å²) in [5, 5.41) is 15.0. The lowest BCUT2D eigenvalue weighted by Crippen LogP contribution is -2.16. The number of carbonyl (C=O) groups excluding carboxylic acids is 1. The van der Waals surface area contributed by atoms with Crippen molar-refractivity contribution in [2.24, 2.45) is 0 Å². The number of carbonyl (C=O) groups is 1. The van der Waals surface area contributed by atoms with Crippen molar-refractivity contribution in [3.63, 3.8) is 0 Å². The van der Waals surface area contributed by atoms with Crippen molar-refractivity contribution in [3.8, 4) is 6.07 Å². The van der Waals surface area contributed by atoms with Gasteiger partial charge < -0.3 is 10.6 Å². The Bertz CT molecular complexity index is 1020. The van der Waals surface area contributed by atoms with Gasteiger partial charge in [0.2, 0.25) is 0 Å². The predicted molar refractivity (Wildman–Crippen MR) is 105 cm³/mol. The molecule has 0 saturated heterocycles. The highest BCUT2D eigenvalue weighted by Crippen LogP contribution is 2.19. The minimum absolute atomic E-state index is 0.271. The number of aromatic nitrogens is 2. The van der Waals surface area contributed by atoms with Gasteiger partial charge in [0, 0.05) is 17.4 Å². The van der Waals surface area contributed by atoms with Crippen LogP contribution in [0, 0.1) is 18.3 Å². The van der Waals surface area contributed by atoms with Crippen molar-refractivity contribution in [2.75, 3.05) is 10.6 Å². The minimum atomic E-state index is -0.296. The van der Waals surface area contributed by atoms with Crippen LogP contribution < -0.4 is 10.6 Å². The molecule has 3 rings (SSSR count). The van der Waals surface area contributed by atoms with Gasteiger partial charge >= 0.3 is 0 Å². The summed E-state index contributed by atoms with van der Waals surface area (Å²) in [7, 11) is 0. The fraction of sp³-hybridized carbons (Fsp3) is 0.143. The summed E-state index contributed by atoms with van der Waals surface area (Å²) in [6.45, 7) is 3.77. The smallest absolute Gasteiger partial charge is 0.274 e. The third-order valence-corrected chi connectivity index (χ3v) is 3.98. The molecule has 0 spiro atoms. The van der Waals surface area contributed by atoms with E-state index in [1.165, 1.54) is 0 Å². The summed E-state index contributed by atoms with van der Waals surface area (Å²) >= 11 is 0. The van der Waals surface area contributed by atoms with Crippen molar-refractivity contribution in [2.45, 2.75) is 20.3 Å². The predicted octanol–water partition coefficient (Wildman–Crippen LogP) is 4.22. The lowest BCUT2D eigenvalue weighted by molar-refractivity contribution is 0.102. The summed E-state index contributed by atoms with van der Waals surface area (Å²) in [4.78, 5) is 21.2. The van der Waals surface area contributed by atoms with Crippen LogP contribution in [0.4, 0.5) is 17.2 Å². The van der Waals surface area contributed by atoms with E-state index in [2.05, 4.69) is 26.7 Å². The fourth-order valence-electron chi connectivity index (χ4n) is 2.70. The minimum Gasteiger partial charge on any atom is -0.340 e. The number of anilines is 3. The average Bonchev–Trinajstić information content (AvgIpc) is 2.68. The molecule has 0 aliphatic heterocycles. The first-order chi connectivity index (χ1) is 13.1. The van der Waals surface area contributed by atoms with Crippen LogP contribution in [0.5, 0.6) is 0 Å². The second-order valence-electron chi connectivity index (χ2n) is 5.97. The van der Waals surface area contributed by atoms with Crippen LogP contribution in [0.1, 0.15) is 34.4 Å². The molecule has 1 heterocycles. The molecule has 0 radical (unpaired) electrons. The van der Waals surface area contributed by atoms with Gasteiger partial charge in [0.15, 0.2) is 0 Å². The number of para-hydroxylation sites is 1. The number of amides is 1. The van der Waals surface area contributed by atoms with Crippen LogP contribution in [-0.4, -0.2) is 15.9 Å². The highest BCUT2D eigenvalue weighted by Gasteiger charge is 2.12. The molecule has 0 aliphatic carbocycles. The zero-order chi connectivity index (χ0) is 19.2. The van der Waals surface area contributed by atoms with Crippen LogP contribution in [0.3, 0.4) is 0 Å². The number of nitrogens with zero attached hydrogens (tertiary/aromatic N) is 3. The van der Waals surface area contributed by atoms with Gasteiger partial charge in [-0.2, -0.15) is 5.26 Å². The summed E-state index contributed by atoms with van der Waals surface area (Å²) in [6, 6.07) is 18.4. The lowest BCUT2D eigenvalue weighted by atomic mass is 10.1. The Balaban J connectivity index is 1.84. The van der Waals surface area contributed by atoms with E-state index in [1.54, 1.807) is 31.2 Å². The number of nitriles is 1. The molecule has 6 heteroatoms. The van der Waals surface area contributed by atoms with E-state index in [0.29, 0.717) is 17.2 Å². The molecule has 2 aromatic carbocycles. The van der Waals surface area contributed by atoms with E-state index in [-0.39, 0.29) is 11.6 Å². The second-order valence-corrected chi connectivity index (χ2v) is 5.97. The van der Waals surface area contributed by atoms with Gasteiger partial charge in [-0.3, -0.25) is 4.79 Å². The Labute approximate surface area is 157 Å². The molecule has 2 N–H and O–H groups in total. The monoisotopic (exact) mass is 357 g/mol. The van der Waals surface area contributed by atoms with E-state index >= 15 is 0 Å². The molecule has 1 amide bonds. The summed E-state index contributed by atoms with van der Waals surface area (Å²) in [5.74, 6) is 0.673. The van der Waals surface area contributed by atoms with E-state index < -0.39 is 0 Å². The van der Waals surface area contributed by atoms with Gasteiger partial charge in [-0.05, 0) is 43.2 Å². The van der Waals surface area contributed by atoms with Crippen molar-refractivity contribution >= 4 is 23.1 Å². The van der Waals surface area contributed by atoms with Gasteiger partial charge in [0.25, 0.3) is 5.91 Å². The highest BCUT2D eigenvalue weighted by molar-refractivity contribution is 6.03. The van der Waals surface area contributed by atoms with Crippen LogP contribution in [0.15, 0.2) is 54.6 Å². The fourth-order valence-corrected chi connectivity index (χ4v) is 2.70. The van der Waals surface area contributed by atoms with Crippen molar-refractivity contribution in [1.82, 2.24) is 9.97 Å². The van der Waals surface area contributed by atoms with Gasteiger partial charge in [-0.1, -0.05) is 31.2 Å². The van der Waals surface area contributed by atoms with Crippen LogP contribution in [-0.2, 0) is 6.42 Å². The number of nitrogens with one attached hydrogen (secondary N) is 2. The van der Waals surface area contributed by atoms with Gasteiger partial charge in [-0.25, -0.2) is 9.97 Å². The molecule has 27 heavy (non-hydrogen) atoms. The molecule has 0 fully saturated rings. The maximum absolute atomic E-state index is 12.7. The summed E-state index contributed by atoms with van der Waals surface area (Å²) < 4.78 is 0. The maximum atomic E-state index is 12.7. The normalized spacial score (nSPS) is 10.1. The van der Waals surface area contributed by atoms with E-state index in [9.17, 15) is 4.79 Å². The molecule has 0 saturated carbocycles. The third kappa shape index (κ3) is 4.47. The molecule has 1 aromatic heterocycles. The molecule has 0 bridgehead atoms. The van der Waals surface area contributed by atoms with E-state index in [1.807, 2.05) is 37.3 Å². The average molecular weight is 357 g/mol. The Morgan fingerprint density at radius 3 is 2.70 bits per heavy atom. The van der Waals surface area contributed by atoms with E-state index in [4.69, 9.17) is 5.26 Å². The second kappa shape index (κ2) is 8.11. The quantitative estimate of drug-likeness (QED) is 0.713. The zero-order valence-electron chi connectivity index (χ0n) is 15.2. The summed E-state index contributed by atoms with van der Waals surface area (Å²) in [6.07, 6.45) is 0.821. The van der Waals surface area contributed by atoms with Crippen LogP contribution in [0.25, 0.3) is 0 Å². The number of rotatable bonds is 5. The van der Waals surface area contributed by atoms with Crippen LogP contribution >= 0.6 is 0 Å². The Hall–Kier alpha value is -3.72. The van der Waals surface area contributed by atoms with Crippen LogP contribution in [0.2, 0.25) is 0 Å². The molecule has 0 atom stereocenters.